The van der Waals surface area contributed by atoms with Crippen LogP contribution in [0, 0.1) is 0 Å². The molecular weight excluding hydrogens is 348 g/mol. The molecule has 0 unspecified atom stereocenters. The molecule has 2 aromatic carbocycles. The standard InChI is InChI=1S/C23H20N4O/c28-23(21-11-5-6-12-24-21)27-15-13-26(14-16-27)22-19-9-2-1-7-17(19)18-8-3-4-10-20(18)25-22/h1-12H,13-16H2. The minimum atomic E-state index is -0.00317. The Morgan fingerprint density at radius 1 is 0.750 bits per heavy atom. The first-order valence-corrected chi connectivity index (χ1v) is 9.54. The zero-order valence-corrected chi connectivity index (χ0v) is 15.5. The topological polar surface area (TPSA) is 49.3 Å². The maximum atomic E-state index is 12.7. The number of nitrogens with zero attached hydrogens (tertiary/aromatic N) is 4. The molecule has 2 aromatic heterocycles. The zero-order valence-electron chi connectivity index (χ0n) is 15.5. The average molecular weight is 368 g/mol. The van der Waals surface area contributed by atoms with Crippen LogP contribution >= 0.6 is 0 Å². The van der Waals surface area contributed by atoms with Crippen molar-refractivity contribution in [1.29, 1.82) is 0 Å². The second-order valence-corrected chi connectivity index (χ2v) is 6.99. The van der Waals surface area contributed by atoms with Crippen LogP contribution in [-0.4, -0.2) is 47.0 Å². The molecule has 5 rings (SSSR count). The van der Waals surface area contributed by atoms with Gasteiger partial charge in [-0.3, -0.25) is 9.78 Å². The van der Waals surface area contributed by atoms with Gasteiger partial charge in [0.05, 0.1) is 5.52 Å². The Bertz CT molecular complexity index is 1150. The number of hydrogen-bond donors (Lipinski definition) is 0. The first-order chi connectivity index (χ1) is 13.8. The van der Waals surface area contributed by atoms with E-state index in [4.69, 9.17) is 4.98 Å². The van der Waals surface area contributed by atoms with Crippen LogP contribution in [0.1, 0.15) is 10.5 Å². The van der Waals surface area contributed by atoms with E-state index in [2.05, 4.69) is 52.3 Å². The van der Waals surface area contributed by atoms with Gasteiger partial charge >= 0.3 is 0 Å². The van der Waals surface area contributed by atoms with Crippen LogP contribution in [0.4, 0.5) is 5.82 Å². The smallest absolute Gasteiger partial charge is 0.272 e. The average Bonchev–Trinajstić information content (AvgIpc) is 2.79. The van der Waals surface area contributed by atoms with E-state index in [0.717, 1.165) is 29.8 Å². The predicted molar refractivity (Wildman–Crippen MR) is 112 cm³/mol. The number of hydrogen-bond acceptors (Lipinski definition) is 4. The lowest BCUT2D eigenvalue weighted by molar-refractivity contribution is 0.0740. The fourth-order valence-corrected chi connectivity index (χ4v) is 3.90. The number of piperazine rings is 1. The van der Waals surface area contributed by atoms with Gasteiger partial charge in [0.25, 0.3) is 5.91 Å². The predicted octanol–water partition coefficient (Wildman–Crippen LogP) is 3.75. The molecule has 0 N–H and O–H groups in total. The van der Waals surface area contributed by atoms with Crippen LogP contribution in [0.25, 0.3) is 21.7 Å². The summed E-state index contributed by atoms with van der Waals surface area (Å²) < 4.78 is 0. The van der Waals surface area contributed by atoms with Crippen molar-refractivity contribution < 1.29 is 4.79 Å². The Hall–Kier alpha value is -3.47. The normalized spacial score (nSPS) is 14.6. The molecule has 0 saturated carbocycles. The third-order valence-corrected chi connectivity index (χ3v) is 5.34. The van der Waals surface area contributed by atoms with Crippen molar-refractivity contribution in [3.63, 3.8) is 0 Å². The van der Waals surface area contributed by atoms with E-state index in [1.807, 2.05) is 23.1 Å². The number of para-hydroxylation sites is 1. The zero-order chi connectivity index (χ0) is 18.9. The van der Waals surface area contributed by atoms with Gasteiger partial charge in [0.1, 0.15) is 11.5 Å². The minimum absolute atomic E-state index is 0.00317. The first kappa shape index (κ1) is 16.7. The molecule has 0 atom stereocenters. The Morgan fingerprint density at radius 3 is 2.18 bits per heavy atom. The highest BCUT2D eigenvalue weighted by Gasteiger charge is 2.24. The molecule has 3 heterocycles. The van der Waals surface area contributed by atoms with Gasteiger partial charge in [-0.05, 0) is 23.6 Å². The monoisotopic (exact) mass is 368 g/mol. The number of aromatic nitrogens is 2. The number of carbonyl (C=O) groups excluding carboxylic acids is 1. The molecule has 5 nitrogen and oxygen atoms in total. The maximum Gasteiger partial charge on any atom is 0.272 e. The van der Waals surface area contributed by atoms with E-state index in [-0.39, 0.29) is 5.91 Å². The van der Waals surface area contributed by atoms with Crippen molar-refractivity contribution >= 4 is 33.4 Å². The molecule has 0 aliphatic carbocycles. The van der Waals surface area contributed by atoms with E-state index >= 15 is 0 Å². The number of rotatable bonds is 2. The number of amides is 1. The second-order valence-electron chi connectivity index (χ2n) is 6.99. The van der Waals surface area contributed by atoms with E-state index in [1.54, 1.807) is 12.3 Å². The summed E-state index contributed by atoms with van der Waals surface area (Å²) in [5.74, 6) is 0.996. The van der Waals surface area contributed by atoms with Gasteiger partial charge in [-0.2, -0.15) is 0 Å². The summed E-state index contributed by atoms with van der Waals surface area (Å²) in [6.07, 6.45) is 1.66. The molecule has 5 heteroatoms. The number of pyridine rings is 2. The van der Waals surface area contributed by atoms with E-state index in [9.17, 15) is 4.79 Å². The summed E-state index contributed by atoms with van der Waals surface area (Å²) in [5.41, 5.74) is 1.51. The van der Waals surface area contributed by atoms with Crippen LogP contribution in [0.15, 0.2) is 72.9 Å². The second kappa shape index (κ2) is 6.93. The molecule has 1 aliphatic heterocycles. The minimum Gasteiger partial charge on any atom is -0.353 e. The van der Waals surface area contributed by atoms with Gasteiger partial charge in [0.2, 0.25) is 0 Å². The summed E-state index contributed by atoms with van der Waals surface area (Å²) >= 11 is 0. The van der Waals surface area contributed by atoms with Gasteiger partial charge in [0, 0.05) is 43.1 Å². The molecule has 1 aliphatic rings. The molecule has 0 radical (unpaired) electrons. The Morgan fingerprint density at radius 2 is 1.43 bits per heavy atom. The number of carbonyl (C=O) groups is 1. The number of benzene rings is 2. The van der Waals surface area contributed by atoms with Crippen LogP contribution in [0.5, 0.6) is 0 Å². The maximum absolute atomic E-state index is 12.7. The van der Waals surface area contributed by atoms with Crippen molar-refractivity contribution in [3.05, 3.63) is 78.6 Å². The van der Waals surface area contributed by atoms with Crippen molar-refractivity contribution in [2.24, 2.45) is 0 Å². The van der Waals surface area contributed by atoms with Crippen LogP contribution < -0.4 is 4.90 Å². The third-order valence-electron chi connectivity index (χ3n) is 5.34. The fourth-order valence-electron chi connectivity index (χ4n) is 3.90. The van der Waals surface area contributed by atoms with E-state index in [1.165, 1.54) is 10.8 Å². The van der Waals surface area contributed by atoms with E-state index < -0.39 is 0 Å². The summed E-state index contributed by atoms with van der Waals surface area (Å²) in [5, 5.41) is 3.55. The van der Waals surface area contributed by atoms with Crippen molar-refractivity contribution in [2.45, 2.75) is 0 Å². The van der Waals surface area contributed by atoms with Gasteiger partial charge in [-0.1, -0.05) is 48.5 Å². The Labute approximate surface area is 163 Å². The van der Waals surface area contributed by atoms with Crippen molar-refractivity contribution in [3.8, 4) is 0 Å². The Kier molecular flexibility index (Phi) is 4.13. The van der Waals surface area contributed by atoms with E-state index in [0.29, 0.717) is 18.8 Å². The van der Waals surface area contributed by atoms with Gasteiger partial charge in [-0.15, -0.1) is 0 Å². The molecule has 0 bridgehead atoms. The molecule has 28 heavy (non-hydrogen) atoms. The highest BCUT2D eigenvalue weighted by Crippen LogP contribution is 2.31. The Balaban J connectivity index is 1.45. The van der Waals surface area contributed by atoms with Crippen molar-refractivity contribution in [2.75, 3.05) is 31.1 Å². The van der Waals surface area contributed by atoms with Crippen LogP contribution in [0.3, 0.4) is 0 Å². The molecular formula is C23H20N4O. The van der Waals surface area contributed by atoms with Crippen LogP contribution in [0.2, 0.25) is 0 Å². The molecule has 1 saturated heterocycles. The summed E-state index contributed by atoms with van der Waals surface area (Å²) in [6.45, 7) is 2.85. The highest BCUT2D eigenvalue weighted by atomic mass is 16.2. The summed E-state index contributed by atoms with van der Waals surface area (Å²) in [7, 11) is 0. The van der Waals surface area contributed by atoms with Gasteiger partial charge in [-0.25, -0.2) is 4.98 Å². The summed E-state index contributed by atoms with van der Waals surface area (Å²) in [6, 6.07) is 22.1. The number of fused-ring (bicyclic) bond motifs is 3. The lowest BCUT2D eigenvalue weighted by Gasteiger charge is -2.36. The third kappa shape index (κ3) is 2.85. The van der Waals surface area contributed by atoms with Crippen LogP contribution in [-0.2, 0) is 0 Å². The molecule has 0 spiro atoms. The largest absolute Gasteiger partial charge is 0.353 e. The number of anilines is 1. The lowest BCUT2D eigenvalue weighted by Crippen LogP contribution is -2.49. The molecule has 4 aromatic rings. The lowest BCUT2D eigenvalue weighted by atomic mass is 10.1. The SMILES string of the molecule is O=C(c1ccccn1)N1CCN(c2nc3ccccc3c3ccccc23)CC1. The molecule has 1 fully saturated rings. The highest BCUT2D eigenvalue weighted by molar-refractivity contribution is 6.10. The molecule has 138 valence electrons. The fraction of sp³-hybridized carbons (Fsp3) is 0.174. The quantitative estimate of drug-likeness (QED) is 0.506. The molecule has 1 amide bonds. The van der Waals surface area contributed by atoms with Crippen molar-refractivity contribution in [1.82, 2.24) is 14.9 Å². The summed E-state index contributed by atoms with van der Waals surface area (Å²) in [4.78, 5) is 26.0. The van der Waals surface area contributed by atoms with Gasteiger partial charge in [0.15, 0.2) is 0 Å². The first-order valence-electron chi connectivity index (χ1n) is 9.54. The van der Waals surface area contributed by atoms with Gasteiger partial charge < -0.3 is 9.80 Å².